The second kappa shape index (κ2) is 8.15. The van der Waals surface area contributed by atoms with E-state index in [1.165, 1.54) is 30.6 Å². The predicted molar refractivity (Wildman–Crippen MR) is 103 cm³/mol. The molecule has 0 aliphatic carbocycles. The molecule has 5 heteroatoms. The Morgan fingerprint density at radius 1 is 1.27 bits per heavy atom. The SMILES string of the molecule is CN=C(NCC1CCN(C)C1)N1CCc2ccccc2C1.I. The summed E-state index contributed by atoms with van der Waals surface area (Å²) in [6.45, 7) is 5.49. The van der Waals surface area contributed by atoms with E-state index in [1.54, 1.807) is 0 Å². The van der Waals surface area contributed by atoms with Crippen molar-refractivity contribution < 1.29 is 0 Å². The minimum Gasteiger partial charge on any atom is -0.356 e. The van der Waals surface area contributed by atoms with Crippen LogP contribution in [0.3, 0.4) is 0 Å². The van der Waals surface area contributed by atoms with Gasteiger partial charge in [0.15, 0.2) is 5.96 Å². The number of halogens is 1. The highest BCUT2D eigenvalue weighted by Gasteiger charge is 2.22. The van der Waals surface area contributed by atoms with E-state index in [1.807, 2.05) is 7.05 Å². The van der Waals surface area contributed by atoms with Crippen molar-refractivity contribution in [3.05, 3.63) is 35.4 Å². The summed E-state index contributed by atoms with van der Waals surface area (Å²) >= 11 is 0. The average molecular weight is 414 g/mol. The highest BCUT2D eigenvalue weighted by atomic mass is 127. The van der Waals surface area contributed by atoms with E-state index in [-0.39, 0.29) is 24.0 Å². The number of hydrogen-bond donors (Lipinski definition) is 1. The van der Waals surface area contributed by atoms with Gasteiger partial charge in [-0.1, -0.05) is 24.3 Å². The van der Waals surface area contributed by atoms with Crippen molar-refractivity contribution in [3.63, 3.8) is 0 Å². The maximum Gasteiger partial charge on any atom is 0.193 e. The first kappa shape index (κ1) is 17.5. The summed E-state index contributed by atoms with van der Waals surface area (Å²) in [6, 6.07) is 8.75. The summed E-state index contributed by atoms with van der Waals surface area (Å²) in [6.07, 6.45) is 2.41. The van der Waals surface area contributed by atoms with Crippen LogP contribution in [0.4, 0.5) is 0 Å². The summed E-state index contributed by atoms with van der Waals surface area (Å²) in [5.74, 6) is 1.81. The van der Waals surface area contributed by atoms with Gasteiger partial charge < -0.3 is 15.1 Å². The first-order valence-electron chi connectivity index (χ1n) is 7.97. The van der Waals surface area contributed by atoms with Crippen LogP contribution >= 0.6 is 24.0 Å². The molecule has 22 heavy (non-hydrogen) atoms. The molecular formula is C17H27IN4. The highest BCUT2D eigenvalue weighted by molar-refractivity contribution is 14.0. The van der Waals surface area contributed by atoms with Crippen LogP contribution < -0.4 is 5.32 Å². The number of guanidine groups is 1. The van der Waals surface area contributed by atoms with Crippen molar-refractivity contribution in [3.8, 4) is 0 Å². The second-order valence-corrected chi connectivity index (χ2v) is 6.29. The number of nitrogens with zero attached hydrogens (tertiary/aromatic N) is 3. The Bertz CT molecular complexity index is 517. The van der Waals surface area contributed by atoms with Gasteiger partial charge in [0.1, 0.15) is 0 Å². The maximum absolute atomic E-state index is 4.48. The smallest absolute Gasteiger partial charge is 0.193 e. The average Bonchev–Trinajstić information content (AvgIpc) is 2.93. The molecule has 0 aromatic heterocycles. The molecule has 2 aliphatic rings. The van der Waals surface area contributed by atoms with Crippen LogP contribution in [0.25, 0.3) is 0 Å². The molecule has 1 aromatic rings. The largest absolute Gasteiger partial charge is 0.356 e. The molecule has 2 heterocycles. The molecule has 0 spiro atoms. The standard InChI is InChI=1S/C17H26N4.HI/c1-18-17(19-11-14-7-9-20(2)12-14)21-10-8-15-5-3-4-6-16(15)13-21;/h3-6,14H,7-13H2,1-2H3,(H,18,19);1H. The zero-order valence-corrected chi connectivity index (χ0v) is 15.9. The third kappa shape index (κ3) is 4.13. The number of fused-ring (bicyclic) bond motifs is 1. The minimum absolute atomic E-state index is 0. The number of likely N-dealkylation sites (tertiary alicyclic amines) is 1. The molecule has 1 N–H and O–H groups in total. The van der Waals surface area contributed by atoms with E-state index in [0.717, 1.165) is 37.9 Å². The molecule has 0 bridgehead atoms. The Balaban J connectivity index is 0.00000176. The summed E-state index contributed by atoms with van der Waals surface area (Å²) < 4.78 is 0. The molecule has 1 fully saturated rings. The molecule has 0 radical (unpaired) electrons. The van der Waals surface area contributed by atoms with Gasteiger partial charge >= 0.3 is 0 Å². The van der Waals surface area contributed by atoms with Crippen molar-refractivity contribution in [2.24, 2.45) is 10.9 Å². The van der Waals surface area contributed by atoms with Gasteiger partial charge in [-0.05, 0) is 43.5 Å². The van der Waals surface area contributed by atoms with Gasteiger partial charge in [-0.2, -0.15) is 0 Å². The lowest BCUT2D eigenvalue weighted by molar-refractivity contribution is 0.367. The zero-order valence-electron chi connectivity index (χ0n) is 13.6. The zero-order chi connectivity index (χ0) is 14.7. The van der Waals surface area contributed by atoms with Gasteiger partial charge in [-0.3, -0.25) is 4.99 Å². The van der Waals surface area contributed by atoms with Crippen LogP contribution in [0.5, 0.6) is 0 Å². The Labute approximate surface area is 151 Å². The Hall–Kier alpha value is -0.820. The molecule has 1 saturated heterocycles. The summed E-state index contributed by atoms with van der Waals surface area (Å²) in [7, 11) is 4.10. The first-order valence-corrected chi connectivity index (χ1v) is 7.97. The van der Waals surface area contributed by atoms with Gasteiger partial charge in [-0.25, -0.2) is 0 Å². The van der Waals surface area contributed by atoms with E-state index in [9.17, 15) is 0 Å². The molecular weight excluding hydrogens is 387 g/mol. The normalized spacial score (nSPS) is 22.2. The fourth-order valence-corrected chi connectivity index (χ4v) is 3.44. The maximum atomic E-state index is 4.48. The van der Waals surface area contributed by atoms with Crippen molar-refractivity contribution >= 4 is 29.9 Å². The second-order valence-electron chi connectivity index (χ2n) is 6.29. The van der Waals surface area contributed by atoms with Gasteiger partial charge in [0.25, 0.3) is 0 Å². The van der Waals surface area contributed by atoms with Gasteiger partial charge in [0.05, 0.1) is 0 Å². The highest BCUT2D eigenvalue weighted by Crippen LogP contribution is 2.19. The van der Waals surface area contributed by atoms with Gasteiger partial charge in [-0.15, -0.1) is 24.0 Å². The monoisotopic (exact) mass is 414 g/mol. The van der Waals surface area contributed by atoms with Crippen LogP contribution in [0.15, 0.2) is 29.3 Å². The van der Waals surface area contributed by atoms with E-state index < -0.39 is 0 Å². The van der Waals surface area contributed by atoms with E-state index in [4.69, 9.17) is 0 Å². The molecule has 2 aliphatic heterocycles. The van der Waals surface area contributed by atoms with Gasteiger partial charge in [0, 0.05) is 33.2 Å². The van der Waals surface area contributed by atoms with Crippen molar-refractivity contribution in [1.29, 1.82) is 0 Å². The van der Waals surface area contributed by atoms with Crippen LogP contribution in [-0.2, 0) is 13.0 Å². The van der Waals surface area contributed by atoms with Crippen molar-refractivity contribution in [1.82, 2.24) is 15.1 Å². The molecule has 1 unspecified atom stereocenters. The van der Waals surface area contributed by atoms with E-state index in [2.05, 4.69) is 51.4 Å². The third-order valence-corrected chi connectivity index (χ3v) is 4.68. The fourth-order valence-electron chi connectivity index (χ4n) is 3.44. The van der Waals surface area contributed by atoms with Crippen molar-refractivity contribution in [2.75, 3.05) is 40.3 Å². The molecule has 4 nitrogen and oxygen atoms in total. The number of benzene rings is 1. The predicted octanol–water partition coefficient (Wildman–Crippen LogP) is 2.19. The van der Waals surface area contributed by atoms with Crippen molar-refractivity contribution in [2.45, 2.75) is 19.4 Å². The van der Waals surface area contributed by atoms with Crippen LogP contribution in [0.1, 0.15) is 17.5 Å². The van der Waals surface area contributed by atoms with Crippen LogP contribution in [0, 0.1) is 5.92 Å². The summed E-state index contributed by atoms with van der Waals surface area (Å²) in [5, 5.41) is 3.58. The number of nitrogens with one attached hydrogen (secondary N) is 1. The Morgan fingerprint density at radius 3 is 2.73 bits per heavy atom. The van der Waals surface area contributed by atoms with E-state index in [0.29, 0.717) is 0 Å². The molecule has 1 aromatic carbocycles. The summed E-state index contributed by atoms with van der Waals surface area (Å²) in [4.78, 5) is 9.27. The van der Waals surface area contributed by atoms with Crippen LogP contribution in [-0.4, -0.2) is 56.0 Å². The van der Waals surface area contributed by atoms with Crippen LogP contribution in [0.2, 0.25) is 0 Å². The molecule has 122 valence electrons. The van der Waals surface area contributed by atoms with E-state index >= 15 is 0 Å². The first-order chi connectivity index (χ1) is 10.3. The lowest BCUT2D eigenvalue weighted by Crippen LogP contribution is -2.45. The molecule has 0 saturated carbocycles. The number of aliphatic imine (C=N–C) groups is 1. The Morgan fingerprint density at radius 2 is 2.05 bits per heavy atom. The Kier molecular flexibility index (Phi) is 6.50. The summed E-state index contributed by atoms with van der Waals surface area (Å²) in [5.41, 5.74) is 2.92. The molecule has 1 atom stereocenters. The fraction of sp³-hybridized carbons (Fsp3) is 0.588. The lowest BCUT2D eigenvalue weighted by atomic mass is 10.0. The van der Waals surface area contributed by atoms with Gasteiger partial charge in [0.2, 0.25) is 0 Å². The minimum atomic E-state index is 0. The number of hydrogen-bond acceptors (Lipinski definition) is 2. The molecule has 3 rings (SSSR count). The molecule has 0 amide bonds. The lowest BCUT2D eigenvalue weighted by Gasteiger charge is -2.32. The topological polar surface area (TPSA) is 30.9 Å². The number of rotatable bonds is 2. The third-order valence-electron chi connectivity index (χ3n) is 4.68. The quantitative estimate of drug-likeness (QED) is 0.458.